The molecule has 2 aromatic rings. The highest BCUT2D eigenvalue weighted by atomic mass is 16.6. The van der Waals surface area contributed by atoms with Crippen LogP contribution in [0, 0.1) is 0 Å². The minimum atomic E-state index is -1.24. The van der Waals surface area contributed by atoms with Gasteiger partial charge < -0.3 is 29.5 Å². The quantitative estimate of drug-likeness (QED) is 0.375. The van der Waals surface area contributed by atoms with Crippen LogP contribution in [0.15, 0.2) is 42.5 Å². The van der Waals surface area contributed by atoms with Gasteiger partial charge in [-0.05, 0) is 41.5 Å². The van der Waals surface area contributed by atoms with Crippen LogP contribution in [0.25, 0.3) is 6.08 Å². The number of benzene rings is 2. The van der Waals surface area contributed by atoms with Crippen molar-refractivity contribution in [1.82, 2.24) is 0 Å². The lowest BCUT2D eigenvalue weighted by Gasteiger charge is -2.15. The molecule has 0 bridgehead atoms. The van der Waals surface area contributed by atoms with E-state index in [4.69, 9.17) is 9.47 Å². The largest absolute Gasteiger partial charge is 0.504 e. The lowest BCUT2D eigenvalue weighted by molar-refractivity contribution is -0.162. The van der Waals surface area contributed by atoms with Crippen molar-refractivity contribution in [3.8, 4) is 23.0 Å². The van der Waals surface area contributed by atoms with Crippen LogP contribution in [0.4, 0.5) is 0 Å². The molecule has 8 heteroatoms. The molecule has 8 nitrogen and oxygen atoms in total. The third-order valence-electron chi connectivity index (χ3n) is 3.80. The maximum absolute atomic E-state index is 12.1. The first-order chi connectivity index (χ1) is 13.3. The average Bonchev–Trinajstić information content (AvgIpc) is 2.69. The molecule has 0 radical (unpaired) electrons. The summed E-state index contributed by atoms with van der Waals surface area (Å²) in [7, 11) is 2.56. The molecule has 3 N–H and O–H groups in total. The monoisotopic (exact) mass is 388 g/mol. The Labute approximate surface area is 161 Å². The second kappa shape index (κ2) is 9.31. The fraction of sp³-hybridized carbons (Fsp3) is 0.200. The van der Waals surface area contributed by atoms with Crippen LogP contribution in [-0.2, 0) is 25.5 Å². The fourth-order valence-corrected chi connectivity index (χ4v) is 2.36. The summed E-state index contributed by atoms with van der Waals surface area (Å²) < 4.78 is 14.8. The van der Waals surface area contributed by atoms with E-state index in [0.29, 0.717) is 11.1 Å². The summed E-state index contributed by atoms with van der Waals surface area (Å²) in [4.78, 5) is 24.0. The van der Waals surface area contributed by atoms with Gasteiger partial charge in [-0.2, -0.15) is 0 Å². The SMILES string of the molecule is COC(=O)[C@@H](Cc1ccc(O)c(O)c1)OC(=O)/C=C/c1ccc(O)c(OC)c1. The standard InChI is InChI=1S/C20H20O8/c1-26-17-10-12(3-7-15(17)22)5-8-19(24)28-18(20(25)27-2)11-13-4-6-14(21)16(23)9-13/h3-10,18,21-23H,11H2,1-2H3/b8-5+/t18-/m1/s1. The second-order valence-electron chi connectivity index (χ2n) is 5.74. The van der Waals surface area contributed by atoms with E-state index in [1.807, 2.05) is 0 Å². The van der Waals surface area contributed by atoms with Gasteiger partial charge in [-0.3, -0.25) is 0 Å². The van der Waals surface area contributed by atoms with E-state index in [1.54, 1.807) is 6.07 Å². The number of rotatable bonds is 7. The number of ether oxygens (including phenoxy) is 3. The Morgan fingerprint density at radius 2 is 1.71 bits per heavy atom. The Hall–Kier alpha value is -3.68. The Morgan fingerprint density at radius 1 is 1.00 bits per heavy atom. The van der Waals surface area contributed by atoms with Gasteiger partial charge in [0.05, 0.1) is 14.2 Å². The molecular formula is C20H20O8. The van der Waals surface area contributed by atoms with E-state index in [0.717, 1.165) is 13.2 Å². The third-order valence-corrected chi connectivity index (χ3v) is 3.80. The number of methoxy groups -OCH3 is 2. The first kappa shape index (κ1) is 20.6. The van der Waals surface area contributed by atoms with Crippen LogP contribution >= 0.6 is 0 Å². The third kappa shape index (κ3) is 5.41. The van der Waals surface area contributed by atoms with E-state index in [-0.39, 0.29) is 29.4 Å². The van der Waals surface area contributed by atoms with Crippen molar-refractivity contribution in [1.29, 1.82) is 0 Å². The Morgan fingerprint density at radius 3 is 2.36 bits per heavy atom. The van der Waals surface area contributed by atoms with E-state index < -0.39 is 18.0 Å². The van der Waals surface area contributed by atoms with Gasteiger partial charge in [-0.25, -0.2) is 9.59 Å². The van der Waals surface area contributed by atoms with Crippen molar-refractivity contribution < 1.29 is 39.1 Å². The molecule has 1 atom stereocenters. The van der Waals surface area contributed by atoms with Crippen molar-refractivity contribution in [2.75, 3.05) is 14.2 Å². The lowest BCUT2D eigenvalue weighted by Crippen LogP contribution is -2.30. The second-order valence-corrected chi connectivity index (χ2v) is 5.74. The number of hydrogen-bond donors (Lipinski definition) is 3. The van der Waals surface area contributed by atoms with E-state index in [9.17, 15) is 24.9 Å². The van der Waals surface area contributed by atoms with Crippen LogP contribution in [-0.4, -0.2) is 47.6 Å². The summed E-state index contributed by atoms with van der Waals surface area (Å²) in [6, 6.07) is 8.52. The van der Waals surface area contributed by atoms with Crippen molar-refractivity contribution in [3.63, 3.8) is 0 Å². The van der Waals surface area contributed by atoms with Gasteiger partial charge >= 0.3 is 11.9 Å². The summed E-state index contributed by atoms with van der Waals surface area (Å²) in [5.74, 6) is -2.00. The number of carbonyl (C=O) groups excluding carboxylic acids is 2. The maximum atomic E-state index is 12.1. The van der Waals surface area contributed by atoms with Gasteiger partial charge in [0.15, 0.2) is 23.0 Å². The zero-order chi connectivity index (χ0) is 20.7. The minimum absolute atomic E-state index is 0.0369. The number of phenolic OH excluding ortho intramolecular Hbond substituents is 3. The normalized spacial score (nSPS) is 11.8. The molecule has 0 aromatic heterocycles. The molecular weight excluding hydrogens is 368 g/mol. The van der Waals surface area contributed by atoms with Crippen molar-refractivity contribution in [2.45, 2.75) is 12.5 Å². The van der Waals surface area contributed by atoms with Gasteiger partial charge in [0.1, 0.15) is 0 Å². The zero-order valence-corrected chi connectivity index (χ0v) is 15.3. The van der Waals surface area contributed by atoms with E-state index >= 15 is 0 Å². The number of hydrogen-bond acceptors (Lipinski definition) is 8. The lowest BCUT2D eigenvalue weighted by atomic mass is 10.1. The highest BCUT2D eigenvalue weighted by molar-refractivity contribution is 5.89. The molecule has 148 valence electrons. The molecule has 0 saturated carbocycles. The first-order valence-corrected chi connectivity index (χ1v) is 8.18. The molecule has 28 heavy (non-hydrogen) atoms. The van der Waals surface area contributed by atoms with Gasteiger partial charge in [0, 0.05) is 12.5 Å². The topological polar surface area (TPSA) is 123 Å². The number of aromatic hydroxyl groups is 3. The number of esters is 2. The van der Waals surface area contributed by atoms with Crippen LogP contribution in [0.3, 0.4) is 0 Å². The van der Waals surface area contributed by atoms with E-state index in [1.165, 1.54) is 43.5 Å². The molecule has 0 spiro atoms. The van der Waals surface area contributed by atoms with Gasteiger partial charge in [0.25, 0.3) is 0 Å². The van der Waals surface area contributed by atoms with Gasteiger partial charge in [-0.15, -0.1) is 0 Å². The average molecular weight is 388 g/mol. The zero-order valence-electron chi connectivity index (χ0n) is 15.3. The Bertz CT molecular complexity index is 888. The molecule has 0 unspecified atom stereocenters. The van der Waals surface area contributed by atoms with Crippen molar-refractivity contribution >= 4 is 18.0 Å². The predicted molar refractivity (Wildman–Crippen MR) is 99.1 cm³/mol. The number of phenols is 3. The number of carbonyl (C=O) groups is 2. The van der Waals surface area contributed by atoms with Gasteiger partial charge in [0.2, 0.25) is 6.10 Å². The predicted octanol–water partition coefficient (Wildman–Crippen LogP) is 2.15. The van der Waals surface area contributed by atoms with Crippen molar-refractivity contribution in [3.05, 3.63) is 53.6 Å². The molecule has 0 saturated heterocycles. The van der Waals surface area contributed by atoms with Crippen LogP contribution < -0.4 is 4.74 Å². The summed E-state index contributed by atoms with van der Waals surface area (Å²) in [6.45, 7) is 0. The first-order valence-electron chi connectivity index (χ1n) is 8.18. The molecule has 2 aromatic carbocycles. The highest BCUT2D eigenvalue weighted by Crippen LogP contribution is 2.27. The smallest absolute Gasteiger partial charge is 0.347 e. The highest BCUT2D eigenvalue weighted by Gasteiger charge is 2.24. The Balaban J connectivity index is 2.09. The molecule has 0 amide bonds. The maximum Gasteiger partial charge on any atom is 0.347 e. The molecule has 0 heterocycles. The fourth-order valence-electron chi connectivity index (χ4n) is 2.36. The molecule has 2 rings (SSSR count). The molecule has 0 aliphatic rings. The summed E-state index contributed by atoms with van der Waals surface area (Å²) in [5, 5.41) is 28.5. The summed E-state index contributed by atoms with van der Waals surface area (Å²) in [5.41, 5.74) is 1.04. The summed E-state index contributed by atoms with van der Waals surface area (Å²) in [6.07, 6.45) is 1.27. The minimum Gasteiger partial charge on any atom is -0.504 e. The molecule has 0 aliphatic heterocycles. The van der Waals surface area contributed by atoms with Crippen LogP contribution in [0.1, 0.15) is 11.1 Å². The van der Waals surface area contributed by atoms with Crippen molar-refractivity contribution in [2.24, 2.45) is 0 Å². The molecule has 0 aliphatic carbocycles. The Kier molecular flexibility index (Phi) is 6.86. The van der Waals surface area contributed by atoms with Crippen LogP contribution in [0.2, 0.25) is 0 Å². The molecule has 0 fully saturated rings. The van der Waals surface area contributed by atoms with Crippen LogP contribution in [0.5, 0.6) is 23.0 Å². The summed E-state index contributed by atoms with van der Waals surface area (Å²) >= 11 is 0. The van der Waals surface area contributed by atoms with E-state index in [2.05, 4.69) is 4.74 Å². The van der Waals surface area contributed by atoms with Gasteiger partial charge in [-0.1, -0.05) is 12.1 Å².